The summed E-state index contributed by atoms with van der Waals surface area (Å²) in [6, 6.07) is 0. The number of aliphatic hydroxyl groups is 3. The van der Waals surface area contributed by atoms with Crippen molar-refractivity contribution in [1.82, 2.24) is 0 Å². The van der Waals surface area contributed by atoms with Crippen LogP contribution < -0.4 is 0 Å². The average molecular weight is 389 g/mol. The van der Waals surface area contributed by atoms with Gasteiger partial charge < -0.3 is 27.0 Å². The third-order valence-corrected chi connectivity index (χ3v) is 0.712. The van der Waals surface area contributed by atoms with Crippen molar-refractivity contribution in [3.05, 3.63) is 6.92 Å². The third kappa shape index (κ3) is 134. The van der Waals surface area contributed by atoms with Crippen molar-refractivity contribution in [2.75, 3.05) is 19.8 Å². The van der Waals surface area contributed by atoms with Crippen LogP contribution in [-0.4, -0.2) is 47.1 Å². The molecule has 130 valence electrons. The summed E-state index contributed by atoms with van der Waals surface area (Å²) in [6.45, 7) is 13.9. The molecule has 0 heterocycles. The molecule has 6 nitrogen and oxygen atoms in total. The normalized spacial score (nSPS) is 6.57. The second kappa shape index (κ2) is 50.2. The third-order valence-electron chi connectivity index (χ3n) is 0.712. The molecule has 21 heavy (non-hydrogen) atoms. The van der Waals surface area contributed by atoms with E-state index >= 15 is 0 Å². The zero-order valence-electron chi connectivity index (χ0n) is 14.3. The van der Waals surface area contributed by atoms with Gasteiger partial charge in [0.15, 0.2) is 0 Å². The predicted octanol–water partition coefficient (Wildman–Crippen LogP) is 1.71. The summed E-state index contributed by atoms with van der Waals surface area (Å²) >= 11 is 0. The molecule has 0 aromatic carbocycles. The number of hydrogen-bond donors (Lipinski definition) is 3. The fraction of sp³-hybridized carbons (Fsp3) is 0.786. The van der Waals surface area contributed by atoms with E-state index in [9.17, 15) is 9.59 Å². The van der Waals surface area contributed by atoms with Crippen molar-refractivity contribution in [3.8, 4) is 0 Å². The fourth-order valence-corrected chi connectivity index (χ4v) is 0.415. The van der Waals surface area contributed by atoms with E-state index in [4.69, 9.17) is 15.3 Å². The first-order valence-corrected chi connectivity index (χ1v) is 6.65. The monoisotopic (exact) mass is 387 g/mol. The van der Waals surface area contributed by atoms with Crippen molar-refractivity contribution < 1.29 is 55.8 Å². The molecule has 0 fully saturated rings. The summed E-state index contributed by atoms with van der Waals surface area (Å²) in [5, 5.41) is 22.7. The maximum atomic E-state index is 10.4. The van der Waals surface area contributed by atoms with Gasteiger partial charge >= 0.3 is 11.9 Å². The number of rotatable bonds is 2. The summed E-state index contributed by atoms with van der Waals surface area (Å²) in [5.41, 5.74) is 0. The van der Waals surface area contributed by atoms with Crippen LogP contribution in [0.1, 0.15) is 54.4 Å². The van der Waals surface area contributed by atoms with Crippen LogP contribution in [-0.2, 0) is 40.5 Å². The minimum Gasteiger partial charge on any atom is -0.397 e. The van der Waals surface area contributed by atoms with Crippen molar-refractivity contribution in [2.45, 2.75) is 54.4 Å². The standard InChI is InChI=1S/C6H10O3.3C2H6O.C2H5.Zr/c1-3-4-6(8)9-5(2)7;3*1-2-3;1-2;/h3-4H2,1-2H3;3*3H,2H2,1H3;1H2,2H3;/q;;;;-1;. The Kier molecular flexibility index (Phi) is 89.1. The summed E-state index contributed by atoms with van der Waals surface area (Å²) in [7, 11) is 0. The zero-order chi connectivity index (χ0) is 17.4. The number of carbonyl (C=O) groups excluding carboxylic acids is 2. The first kappa shape index (κ1) is 37.3. The summed E-state index contributed by atoms with van der Waals surface area (Å²) in [6.07, 6.45) is 1.03. The van der Waals surface area contributed by atoms with Crippen LogP contribution in [0.5, 0.6) is 0 Å². The Bertz CT molecular complexity index is 161. The Balaban J connectivity index is -0.0000000395. The molecule has 0 rings (SSSR count). The fourth-order valence-electron chi connectivity index (χ4n) is 0.415. The van der Waals surface area contributed by atoms with E-state index < -0.39 is 11.9 Å². The Morgan fingerprint density at radius 2 is 1.14 bits per heavy atom. The molecule has 0 saturated heterocycles. The molecule has 0 aliphatic heterocycles. The number of hydrogen-bond acceptors (Lipinski definition) is 6. The maximum absolute atomic E-state index is 10.4. The molecule has 0 aromatic heterocycles. The van der Waals surface area contributed by atoms with Gasteiger partial charge in [-0.05, 0) is 27.2 Å². The smallest absolute Gasteiger partial charge is 0.313 e. The van der Waals surface area contributed by atoms with Gasteiger partial charge in [-0.15, -0.1) is 0 Å². The second-order valence-electron chi connectivity index (χ2n) is 2.66. The average Bonchev–Trinajstić information content (AvgIpc) is 2.34. The van der Waals surface area contributed by atoms with Crippen LogP contribution in [0, 0.1) is 6.92 Å². The Morgan fingerprint density at radius 3 is 1.29 bits per heavy atom. The molecule has 7 heteroatoms. The van der Waals surface area contributed by atoms with Gasteiger partial charge in [-0.25, -0.2) is 0 Å². The van der Waals surface area contributed by atoms with E-state index in [-0.39, 0.29) is 46.0 Å². The number of esters is 2. The van der Waals surface area contributed by atoms with Crippen molar-refractivity contribution in [1.29, 1.82) is 0 Å². The van der Waals surface area contributed by atoms with E-state index in [0.29, 0.717) is 12.8 Å². The molecule has 0 aliphatic rings. The molecule has 0 aliphatic carbocycles. The van der Waals surface area contributed by atoms with E-state index in [1.165, 1.54) is 6.92 Å². The molecule has 0 amide bonds. The number of carbonyl (C=O) groups is 2. The maximum Gasteiger partial charge on any atom is 0.313 e. The molecule has 0 aromatic rings. The molecule has 0 radical (unpaired) electrons. The van der Waals surface area contributed by atoms with Crippen molar-refractivity contribution in [2.24, 2.45) is 0 Å². The first-order chi connectivity index (χ1) is 9.41. The minimum atomic E-state index is -0.534. The van der Waals surface area contributed by atoms with Crippen LogP contribution in [0.3, 0.4) is 0 Å². The molecule has 0 atom stereocenters. The van der Waals surface area contributed by atoms with Crippen molar-refractivity contribution >= 4 is 11.9 Å². The molecule has 0 saturated carbocycles. The van der Waals surface area contributed by atoms with Crippen molar-refractivity contribution in [3.63, 3.8) is 0 Å². The summed E-state index contributed by atoms with van der Waals surface area (Å²) in [4.78, 5) is 20.5. The molecule has 0 unspecified atom stereocenters. The van der Waals surface area contributed by atoms with Crippen LogP contribution in [0.15, 0.2) is 0 Å². The quantitative estimate of drug-likeness (QED) is 0.378. The minimum absolute atomic E-state index is 0. The SMILES string of the molecule is CCCC(=O)OC(C)=O.CCO.CCO.CCO.[CH2-]C.[Zr]. The second-order valence-corrected chi connectivity index (χ2v) is 2.66. The Morgan fingerprint density at radius 1 is 0.905 bits per heavy atom. The van der Waals surface area contributed by atoms with Gasteiger partial charge in [-0.2, -0.15) is 6.92 Å². The molecule has 0 spiro atoms. The van der Waals surface area contributed by atoms with Gasteiger partial charge in [-0.1, -0.05) is 6.92 Å². The molecular formula is C14H33O6Zr-. The Hall–Kier alpha value is -0.0969. The van der Waals surface area contributed by atoms with Crippen LogP contribution in [0.4, 0.5) is 0 Å². The number of aliphatic hydroxyl groups excluding tert-OH is 3. The topological polar surface area (TPSA) is 104 Å². The van der Waals surface area contributed by atoms with Crippen LogP contribution in [0.25, 0.3) is 0 Å². The summed E-state index contributed by atoms with van der Waals surface area (Å²) in [5.74, 6) is -0.974. The van der Waals surface area contributed by atoms with E-state index in [0.717, 1.165) is 0 Å². The largest absolute Gasteiger partial charge is 0.397 e. The van der Waals surface area contributed by atoms with E-state index in [2.05, 4.69) is 11.7 Å². The number of ether oxygens (including phenoxy) is 1. The van der Waals surface area contributed by atoms with E-state index in [1.54, 1.807) is 27.7 Å². The zero-order valence-corrected chi connectivity index (χ0v) is 16.8. The Labute approximate surface area is 149 Å². The molecule has 0 bridgehead atoms. The predicted molar refractivity (Wildman–Crippen MR) is 81.0 cm³/mol. The van der Waals surface area contributed by atoms with Gasteiger partial charge in [0.1, 0.15) is 0 Å². The van der Waals surface area contributed by atoms with E-state index in [1.807, 2.05) is 6.92 Å². The van der Waals surface area contributed by atoms with Gasteiger partial charge in [0.2, 0.25) is 0 Å². The molecule has 3 N–H and O–H groups in total. The van der Waals surface area contributed by atoms with Gasteiger partial charge in [0.25, 0.3) is 0 Å². The summed E-state index contributed by atoms with van der Waals surface area (Å²) < 4.78 is 4.21. The van der Waals surface area contributed by atoms with Crippen LogP contribution >= 0.6 is 0 Å². The van der Waals surface area contributed by atoms with Gasteiger partial charge in [-0.3, -0.25) is 9.59 Å². The van der Waals surface area contributed by atoms with Gasteiger partial charge in [0.05, 0.1) is 0 Å². The van der Waals surface area contributed by atoms with Crippen LogP contribution in [0.2, 0.25) is 0 Å². The first-order valence-electron chi connectivity index (χ1n) is 6.65. The molecular weight excluding hydrogens is 355 g/mol. The van der Waals surface area contributed by atoms with Gasteiger partial charge in [0, 0.05) is 59.4 Å².